The number of nitrogens with one attached hydrogen (secondary N) is 1. The molecule has 28 heavy (non-hydrogen) atoms. The van der Waals surface area contributed by atoms with Crippen molar-refractivity contribution in [2.24, 2.45) is 7.05 Å². The molecule has 11 heteroatoms. The van der Waals surface area contributed by atoms with Crippen LogP contribution in [-0.2, 0) is 13.7 Å². The second-order valence-corrected chi connectivity index (χ2v) is 5.68. The molecule has 148 valence electrons. The highest BCUT2D eigenvalue weighted by atomic mass is 19.2. The zero-order valence-corrected chi connectivity index (χ0v) is 14.4. The minimum atomic E-state index is -2.29. The Balaban J connectivity index is 1.72. The predicted octanol–water partition coefficient (Wildman–Crippen LogP) is 3.85. The van der Waals surface area contributed by atoms with Gasteiger partial charge in [0.2, 0.25) is 29.1 Å². The van der Waals surface area contributed by atoms with Crippen molar-refractivity contribution < 1.29 is 35.9 Å². The summed E-state index contributed by atoms with van der Waals surface area (Å²) in [6.07, 6.45) is 1.43. The van der Waals surface area contributed by atoms with Crippen molar-refractivity contribution in [1.29, 1.82) is 0 Å². The monoisotopic (exact) mass is 401 g/mol. The van der Waals surface area contributed by atoms with E-state index in [0.29, 0.717) is 11.4 Å². The van der Waals surface area contributed by atoms with Gasteiger partial charge in [-0.2, -0.15) is 13.9 Å². The van der Waals surface area contributed by atoms with E-state index in [9.17, 15) is 26.7 Å². The van der Waals surface area contributed by atoms with Gasteiger partial charge in [0.25, 0.3) is 5.91 Å². The zero-order chi connectivity index (χ0) is 20.6. The highest BCUT2D eigenvalue weighted by Crippen LogP contribution is 2.29. The smallest absolute Gasteiger partial charge is 0.291 e. The summed E-state index contributed by atoms with van der Waals surface area (Å²) < 4.78 is 77.9. The van der Waals surface area contributed by atoms with Crippen molar-refractivity contribution in [2.45, 2.75) is 13.5 Å². The first-order valence-electron chi connectivity index (χ1n) is 7.73. The molecule has 0 atom stereocenters. The van der Waals surface area contributed by atoms with Crippen LogP contribution in [0.25, 0.3) is 0 Å². The molecule has 0 radical (unpaired) electrons. The van der Waals surface area contributed by atoms with Crippen molar-refractivity contribution in [3.8, 4) is 5.75 Å². The number of furan rings is 1. The lowest BCUT2D eigenvalue weighted by Crippen LogP contribution is -2.11. The Kier molecular flexibility index (Phi) is 5.08. The lowest BCUT2D eigenvalue weighted by molar-refractivity contribution is 0.0992. The van der Waals surface area contributed by atoms with Gasteiger partial charge in [0.05, 0.1) is 17.6 Å². The lowest BCUT2D eigenvalue weighted by atomic mass is 10.2. The number of hydrogen-bond acceptors (Lipinski definition) is 4. The average molecular weight is 401 g/mol. The maximum Gasteiger partial charge on any atom is 0.291 e. The van der Waals surface area contributed by atoms with Crippen LogP contribution in [0.2, 0.25) is 0 Å². The highest BCUT2D eigenvalue weighted by molar-refractivity contribution is 6.02. The number of amides is 1. The molecule has 0 fully saturated rings. The number of nitrogens with zero attached hydrogens (tertiary/aromatic N) is 2. The molecule has 0 aliphatic rings. The molecular formula is C17H12F5N3O3. The summed E-state index contributed by atoms with van der Waals surface area (Å²) in [7, 11) is 1.69. The maximum atomic E-state index is 13.6. The molecule has 1 amide bonds. The van der Waals surface area contributed by atoms with Crippen LogP contribution in [0.1, 0.15) is 22.0 Å². The molecule has 2 aromatic heterocycles. The van der Waals surface area contributed by atoms with Gasteiger partial charge in [-0.05, 0) is 19.1 Å². The number of ether oxygens (including phenoxy) is 1. The van der Waals surface area contributed by atoms with Gasteiger partial charge in [-0.3, -0.25) is 9.48 Å². The van der Waals surface area contributed by atoms with Crippen LogP contribution in [0, 0.1) is 36.0 Å². The molecule has 3 aromatic rings. The minimum absolute atomic E-state index is 0.0722. The standard InChI is InChI=1S/C17H12F5N3O3/c1-7-9(5-23-25(7)2)24-17(26)10-4-3-8(28-10)6-27-16-14(21)12(19)11(18)13(20)15(16)22/h3-5H,6H2,1-2H3,(H,24,26). The molecule has 0 saturated carbocycles. The third kappa shape index (κ3) is 3.42. The summed E-state index contributed by atoms with van der Waals surface area (Å²) in [4.78, 5) is 12.2. The number of halogens is 5. The van der Waals surface area contributed by atoms with E-state index in [4.69, 9.17) is 4.42 Å². The molecule has 0 unspecified atom stereocenters. The van der Waals surface area contributed by atoms with E-state index in [-0.39, 0.29) is 11.5 Å². The number of hydrogen-bond donors (Lipinski definition) is 1. The van der Waals surface area contributed by atoms with Crippen LogP contribution in [0.5, 0.6) is 5.75 Å². The first-order valence-corrected chi connectivity index (χ1v) is 7.73. The van der Waals surface area contributed by atoms with Crippen molar-refractivity contribution in [2.75, 3.05) is 5.32 Å². The average Bonchev–Trinajstić information content (AvgIpc) is 3.27. The van der Waals surface area contributed by atoms with Gasteiger partial charge >= 0.3 is 0 Å². The van der Waals surface area contributed by atoms with Crippen molar-refractivity contribution in [1.82, 2.24) is 9.78 Å². The highest BCUT2D eigenvalue weighted by Gasteiger charge is 2.27. The van der Waals surface area contributed by atoms with Crippen LogP contribution in [0.4, 0.5) is 27.6 Å². The normalized spacial score (nSPS) is 11.0. The number of anilines is 1. The fourth-order valence-corrected chi connectivity index (χ4v) is 2.24. The van der Waals surface area contributed by atoms with E-state index in [1.54, 1.807) is 18.7 Å². The molecule has 6 nitrogen and oxygen atoms in total. The summed E-state index contributed by atoms with van der Waals surface area (Å²) in [6, 6.07) is 2.52. The SMILES string of the molecule is Cc1c(NC(=O)c2ccc(COc3c(F)c(F)c(F)c(F)c3F)o2)cnn1C. The lowest BCUT2D eigenvalue weighted by Gasteiger charge is -2.09. The molecule has 0 aliphatic carbocycles. The second kappa shape index (κ2) is 7.33. The summed E-state index contributed by atoms with van der Waals surface area (Å²) in [6.45, 7) is 1.06. The molecule has 0 bridgehead atoms. The fourth-order valence-electron chi connectivity index (χ4n) is 2.24. The van der Waals surface area contributed by atoms with Crippen LogP contribution in [-0.4, -0.2) is 15.7 Å². The van der Waals surface area contributed by atoms with Gasteiger partial charge in [-0.15, -0.1) is 0 Å². The number of carbonyl (C=O) groups excluding carboxylic acids is 1. The Morgan fingerprint density at radius 1 is 1.11 bits per heavy atom. The number of benzene rings is 1. The molecule has 0 aliphatic heterocycles. The quantitative estimate of drug-likeness (QED) is 0.401. The van der Waals surface area contributed by atoms with E-state index < -0.39 is 47.3 Å². The topological polar surface area (TPSA) is 69.3 Å². The first kappa shape index (κ1) is 19.4. The predicted molar refractivity (Wildman–Crippen MR) is 85.2 cm³/mol. The van der Waals surface area contributed by atoms with E-state index in [1.165, 1.54) is 18.3 Å². The number of carbonyl (C=O) groups is 1. The molecule has 0 saturated heterocycles. The van der Waals surface area contributed by atoms with Crippen LogP contribution >= 0.6 is 0 Å². The Labute approximate surface area is 154 Å². The third-order valence-corrected chi connectivity index (χ3v) is 3.90. The molecule has 1 N–H and O–H groups in total. The molecule has 0 spiro atoms. The largest absolute Gasteiger partial charge is 0.479 e. The fraction of sp³-hybridized carbons (Fsp3) is 0.176. The molecular weight excluding hydrogens is 389 g/mol. The van der Waals surface area contributed by atoms with Crippen LogP contribution in [0.3, 0.4) is 0 Å². The van der Waals surface area contributed by atoms with Crippen molar-refractivity contribution >= 4 is 11.6 Å². The van der Waals surface area contributed by atoms with Gasteiger partial charge in [0.1, 0.15) is 12.4 Å². The van der Waals surface area contributed by atoms with Gasteiger partial charge < -0.3 is 14.5 Å². The van der Waals surface area contributed by atoms with Crippen molar-refractivity contribution in [3.05, 3.63) is 64.6 Å². The maximum absolute atomic E-state index is 13.6. The first-order chi connectivity index (χ1) is 13.2. The Bertz CT molecular complexity index is 1030. The number of aromatic nitrogens is 2. The summed E-state index contributed by atoms with van der Waals surface area (Å²) in [5.74, 6) is -13.0. The Hall–Kier alpha value is -3.37. The van der Waals surface area contributed by atoms with E-state index in [1.807, 2.05) is 0 Å². The minimum Gasteiger partial charge on any atom is -0.479 e. The van der Waals surface area contributed by atoms with Crippen molar-refractivity contribution in [3.63, 3.8) is 0 Å². The van der Waals surface area contributed by atoms with Crippen LogP contribution in [0.15, 0.2) is 22.7 Å². The van der Waals surface area contributed by atoms with Gasteiger partial charge in [0.15, 0.2) is 11.5 Å². The van der Waals surface area contributed by atoms with Gasteiger partial charge in [-0.1, -0.05) is 0 Å². The summed E-state index contributed by atoms with van der Waals surface area (Å²) >= 11 is 0. The number of rotatable bonds is 5. The Morgan fingerprint density at radius 3 is 2.29 bits per heavy atom. The van der Waals surface area contributed by atoms with E-state index >= 15 is 0 Å². The third-order valence-electron chi connectivity index (χ3n) is 3.90. The molecule has 2 heterocycles. The number of aryl methyl sites for hydroxylation is 1. The summed E-state index contributed by atoms with van der Waals surface area (Å²) in [5, 5.41) is 6.52. The Morgan fingerprint density at radius 2 is 1.71 bits per heavy atom. The molecule has 1 aromatic carbocycles. The van der Waals surface area contributed by atoms with E-state index in [2.05, 4.69) is 15.2 Å². The van der Waals surface area contributed by atoms with E-state index in [0.717, 1.165) is 0 Å². The molecule has 3 rings (SSSR count). The second-order valence-electron chi connectivity index (χ2n) is 5.68. The van der Waals surface area contributed by atoms with Crippen LogP contribution < -0.4 is 10.1 Å². The van der Waals surface area contributed by atoms with Gasteiger partial charge in [0, 0.05) is 7.05 Å². The summed E-state index contributed by atoms with van der Waals surface area (Å²) in [5.41, 5.74) is 1.14. The zero-order valence-electron chi connectivity index (χ0n) is 14.4. The van der Waals surface area contributed by atoms with Gasteiger partial charge in [-0.25, -0.2) is 13.2 Å².